The van der Waals surface area contributed by atoms with Crippen LogP contribution in [-0.2, 0) is 16.0 Å². The van der Waals surface area contributed by atoms with Gasteiger partial charge in [0.1, 0.15) is 6.54 Å². The van der Waals surface area contributed by atoms with E-state index in [1.165, 1.54) is 10.4 Å². The van der Waals surface area contributed by atoms with Crippen LogP contribution >= 0.6 is 11.3 Å². The first-order valence-electron chi connectivity index (χ1n) is 10.6. The van der Waals surface area contributed by atoms with Crippen molar-refractivity contribution in [2.45, 2.75) is 58.0 Å². The number of amides is 2. The Morgan fingerprint density at radius 2 is 1.86 bits per heavy atom. The van der Waals surface area contributed by atoms with E-state index in [1.54, 1.807) is 11.3 Å². The molecule has 0 bridgehead atoms. The van der Waals surface area contributed by atoms with Crippen molar-refractivity contribution in [2.24, 2.45) is 5.92 Å². The van der Waals surface area contributed by atoms with Gasteiger partial charge in [0.15, 0.2) is 0 Å². The van der Waals surface area contributed by atoms with Crippen molar-refractivity contribution in [2.75, 3.05) is 13.1 Å². The van der Waals surface area contributed by atoms with E-state index < -0.39 is 0 Å². The zero-order valence-corrected chi connectivity index (χ0v) is 18.4. The van der Waals surface area contributed by atoms with E-state index in [-0.39, 0.29) is 35.9 Å². The third kappa shape index (κ3) is 3.97. The van der Waals surface area contributed by atoms with Crippen molar-refractivity contribution >= 4 is 23.2 Å². The minimum atomic E-state index is -0.367. The van der Waals surface area contributed by atoms with E-state index in [2.05, 4.69) is 23.6 Å². The maximum absolute atomic E-state index is 13.5. The summed E-state index contributed by atoms with van der Waals surface area (Å²) in [6.45, 7) is 6.93. The number of hydrogen-bond donors (Lipinski definition) is 0. The zero-order valence-electron chi connectivity index (χ0n) is 17.6. The van der Waals surface area contributed by atoms with E-state index in [0.29, 0.717) is 6.54 Å². The minimum absolute atomic E-state index is 0.0401. The fraction of sp³-hybridized carbons (Fsp3) is 0.500. The summed E-state index contributed by atoms with van der Waals surface area (Å²) in [5.74, 6) is 0.275. The molecule has 1 atom stereocenters. The van der Waals surface area contributed by atoms with E-state index >= 15 is 0 Å². The molecule has 154 valence electrons. The Kier molecular flexibility index (Phi) is 5.52. The van der Waals surface area contributed by atoms with Crippen LogP contribution in [0.15, 0.2) is 41.8 Å². The van der Waals surface area contributed by atoms with Crippen molar-refractivity contribution in [3.8, 4) is 0 Å². The molecule has 1 saturated carbocycles. The Morgan fingerprint density at radius 3 is 2.48 bits per heavy atom. The molecule has 4 nitrogen and oxygen atoms in total. The predicted octanol–water partition coefficient (Wildman–Crippen LogP) is 4.65. The largest absolute Gasteiger partial charge is 0.330 e. The molecule has 4 rings (SSSR count). The molecule has 0 spiro atoms. The summed E-state index contributed by atoms with van der Waals surface area (Å²) < 4.78 is 0. The molecule has 1 unspecified atom stereocenters. The number of nitrogens with zero attached hydrogens (tertiary/aromatic N) is 2. The van der Waals surface area contributed by atoms with Crippen LogP contribution in [0.1, 0.15) is 62.1 Å². The van der Waals surface area contributed by atoms with E-state index in [1.807, 2.05) is 48.8 Å². The maximum Gasteiger partial charge on any atom is 0.243 e. The third-order valence-corrected chi connectivity index (χ3v) is 7.22. The monoisotopic (exact) mass is 410 g/mol. The Morgan fingerprint density at radius 1 is 1.14 bits per heavy atom. The van der Waals surface area contributed by atoms with E-state index in [0.717, 1.165) is 31.2 Å². The molecule has 0 radical (unpaired) electrons. The van der Waals surface area contributed by atoms with Crippen LogP contribution in [0.5, 0.6) is 0 Å². The normalized spacial score (nSPS) is 19.4. The van der Waals surface area contributed by atoms with Gasteiger partial charge in [-0.15, -0.1) is 11.3 Å². The fourth-order valence-electron chi connectivity index (χ4n) is 4.33. The van der Waals surface area contributed by atoms with Gasteiger partial charge in [-0.3, -0.25) is 9.59 Å². The molecule has 2 heterocycles. The lowest BCUT2D eigenvalue weighted by atomic mass is 9.83. The molecule has 5 heteroatoms. The smallest absolute Gasteiger partial charge is 0.243 e. The summed E-state index contributed by atoms with van der Waals surface area (Å²) in [6.07, 6.45) is 3.90. The molecule has 1 aromatic heterocycles. The van der Waals surface area contributed by atoms with Crippen LogP contribution in [0.2, 0.25) is 0 Å². The second-order valence-electron chi connectivity index (χ2n) is 9.17. The van der Waals surface area contributed by atoms with Gasteiger partial charge in [-0.2, -0.15) is 0 Å². The molecule has 2 aliphatic rings. The number of hydrogen-bond acceptors (Lipinski definition) is 3. The highest BCUT2D eigenvalue weighted by atomic mass is 32.1. The van der Waals surface area contributed by atoms with Gasteiger partial charge in [-0.05, 0) is 62.6 Å². The molecular formula is C24H30N2O2S. The number of fused-ring (bicyclic) bond motifs is 1. The van der Waals surface area contributed by atoms with Crippen molar-refractivity contribution in [1.29, 1.82) is 0 Å². The van der Waals surface area contributed by atoms with Crippen molar-refractivity contribution in [3.05, 3.63) is 57.8 Å². The fourth-order valence-corrected chi connectivity index (χ4v) is 5.23. The van der Waals surface area contributed by atoms with Crippen molar-refractivity contribution in [1.82, 2.24) is 9.80 Å². The quantitative estimate of drug-likeness (QED) is 0.736. The van der Waals surface area contributed by atoms with Crippen LogP contribution in [-0.4, -0.2) is 40.2 Å². The molecule has 0 saturated heterocycles. The maximum atomic E-state index is 13.5. The first-order chi connectivity index (χ1) is 13.9. The van der Waals surface area contributed by atoms with Gasteiger partial charge in [0.25, 0.3) is 0 Å². The van der Waals surface area contributed by atoms with Crippen LogP contribution in [0, 0.1) is 5.92 Å². The molecular weight excluding hydrogens is 380 g/mol. The van der Waals surface area contributed by atoms with Gasteiger partial charge in [0.2, 0.25) is 11.8 Å². The Bertz CT molecular complexity index is 880. The zero-order chi connectivity index (χ0) is 20.6. The average Bonchev–Trinajstić information content (AvgIpc) is 3.12. The summed E-state index contributed by atoms with van der Waals surface area (Å²) in [7, 11) is 0. The second kappa shape index (κ2) is 7.94. The molecule has 2 aromatic rings. The molecule has 0 N–H and O–H groups in total. The number of carbonyl (C=O) groups excluding carboxylic acids is 2. The van der Waals surface area contributed by atoms with Gasteiger partial charge in [0.05, 0.1) is 6.04 Å². The van der Waals surface area contributed by atoms with Crippen LogP contribution in [0.3, 0.4) is 0 Å². The Labute approximate surface area is 177 Å². The van der Waals surface area contributed by atoms with Crippen LogP contribution < -0.4 is 0 Å². The number of rotatable bonds is 4. The summed E-state index contributed by atoms with van der Waals surface area (Å²) >= 11 is 1.77. The van der Waals surface area contributed by atoms with Crippen molar-refractivity contribution < 1.29 is 9.59 Å². The first kappa shape index (κ1) is 20.1. The topological polar surface area (TPSA) is 40.6 Å². The lowest BCUT2D eigenvalue weighted by Crippen LogP contribution is -2.54. The summed E-state index contributed by atoms with van der Waals surface area (Å²) in [5.41, 5.74) is 2.00. The highest BCUT2D eigenvalue weighted by Crippen LogP contribution is 2.38. The van der Waals surface area contributed by atoms with E-state index in [4.69, 9.17) is 0 Å². The Balaban J connectivity index is 1.61. The van der Waals surface area contributed by atoms with Crippen molar-refractivity contribution in [3.63, 3.8) is 0 Å². The Hall–Kier alpha value is -2.14. The van der Waals surface area contributed by atoms with Gasteiger partial charge in [-0.1, -0.05) is 36.8 Å². The standard InChI is InChI=1S/C24H30N2O2S/c1-24(2,3)26(23(28)18-10-7-11-18)16-21(27)25-14-12-20-19(13-15-29-20)22(25)17-8-5-4-6-9-17/h4-6,8-9,13,15,18,22H,7,10-12,14,16H2,1-3H3. The lowest BCUT2D eigenvalue weighted by molar-refractivity contribution is -0.150. The first-order valence-corrected chi connectivity index (χ1v) is 11.5. The highest BCUT2D eigenvalue weighted by molar-refractivity contribution is 7.10. The van der Waals surface area contributed by atoms with Gasteiger partial charge >= 0.3 is 0 Å². The van der Waals surface area contributed by atoms with Gasteiger partial charge < -0.3 is 9.80 Å². The average molecular weight is 411 g/mol. The third-order valence-electron chi connectivity index (χ3n) is 6.23. The molecule has 1 fully saturated rings. The SMILES string of the molecule is CC(C)(C)N(CC(=O)N1CCc2sccc2C1c1ccccc1)C(=O)C1CCC1. The number of benzene rings is 1. The van der Waals surface area contributed by atoms with Gasteiger partial charge in [-0.25, -0.2) is 0 Å². The molecule has 1 aromatic carbocycles. The van der Waals surface area contributed by atoms with Crippen LogP contribution in [0.25, 0.3) is 0 Å². The summed E-state index contributed by atoms with van der Waals surface area (Å²) in [5, 5.41) is 2.12. The number of carbonyl (C=O) groups is 2. The molecule has 29 heavy (non-hydrogen) atoms. The summed E-state index contributed by atoms with van der Waals surface area (Å²) in [6, 6.07) is 12.3. The number of thiophene rings is 1. The second-order valence-corrected chi connectivity index (χ2v) is 10.2. The highest BCUT2D eigenvalue weighted by Gasteiger charge is 2.39. The molecule has 1 aliphatic heterocycles. The lowest BCUT2D eigenvalue weighted by Gasteiger charge is -2.42. The summed E-state index contributed by atoms with van der Waals surface area (Å²) in [4.78, 5) is 31.8. The van der Waals surface area contributed by atoms with E-state index in [9.17, 15) is 9.59 Å². The molecule has 1 aliphatic carbocycles. The van der Waals surface area contributed by atoms with Gasteiger partial charge in [0, 0.05) is 22.9 Å². The minimum Gasteiger partial charge on any atom is -0.330 e. The molecule has 2 amide bonds. The predicted molar refractivity (Wildman–Crippen MR) is 117 cm³/mol. The van der Waals surface area contributed by atoms with Crippen LogP contribution in [0.4, 0.5) is 0 Å².